The number of aliphatic hydroxyl groups is 1. The first kappa shape index (κ1) is 24.4. The second-order valence-corrected chi connectivity index (χ2v) is 8.69. The van der Waals surface area contributed by atoms with E-state index in [0.717, 1.165) is 22.3 Å². The van der Waals surface area contributed by atoms with Crippen molar-refractivity contribution in [1.29, 1.82) is 0 Å². The molecule has 3 aromatic carbocycles. The monoisotopic (exact) mass is 473 g/mol. The van der Waals surface area contributed by atoms with Crippen LogP contribution in [-0.2, 0) is 16.1 Å². The summed E-state index contributed by atoms with van der Waals surface area (Å²) in [5.41, 5.74) is 12.0. The van der Waals surface area contributed by atoms with E-state index in [0.29, 0.717) is 13.0 Å². The van der Waals surface area contributed by atoms with Crippen LogP contribution in [0.15, 0.2) is 72.8 Å². The lowest BCUT2D eigenvalue weighted by Gasteiger charge is -2.23. The van der Waals surface area contributed by atoms with Crippen LogP contribution in [0, 0.1) is 6.92 Å². The van der Waals surface area contributed by atoms with Crippen molar-refractivity contribution in [2.24, 2.45) is 0 Å². The van der Waals surface area contributed by atoms with Crippen LogP contribution in [0.1, 0.15) is 34.6 Å². The normalized spacial score (nSPS) is 12.1. The fraction of sp³-hybridized carbons (Fsp3) is 0.286. The van der Waals surface area contributed by atoms with E-state index in [9.17, 15) is 9.59 Å². The van der Waals surface area contributed by atoms with Gasteiger partial charge in [-0.2, -0.15) is 0 Å². The van der Waals surface area contributed by atoms with Gasteiger partial charge in [-0.3, -0.25) is 10.2 Å². The first-order chi connectivity index (χ1) is 17.1. The lowest BCUT2D eigenvalue weighted by molar-refractivity contribution is -0.144. The van der Waals surface area contributed by atoms with Gasteiger partial charge >= 0.3 is 12.0 Å². The Bertz CT molecular complexity index is 1120. The zero-order valence-corrected chi connectivity index (χ0v) is 19.9. The molecule has 0 spiro atoms. The predicted molar refractivity (Wildman–Crippen MR) is 135 cm³/mol. The van der Waals surface area contributed by atoms with Gasteiger partial charge in [-0.05, 0) is 41.2 Å². The van der Waals surface area contributed by atoms with Crippen molar-refractivity contribution in [3.63, 3.8) is 0 Å². The molecule has 0 fully saturated rings. The number of rotatable bonds is 10. The number of aryl methyl sites for hydroxylation is 1. The highest BCUT2D eigenvalue weighted by Crippen LogP contribution is 2.44. The molecule has 182 valence electrons. The van der Waals surface area contributed by atoms with Crippen LogP contribution in [-0.4, -0.2) is 48.3 Å². The van der Waals surface area contributed by atoms with E-state index in [-0.39, 0.29) is 32.2 Å². The fourth-order valence-electron chi connectivity index (χ4n) is 4.32. The van der Waals surface area contributed by atoms with Crippen LogP contribution < -0.4 is 10.9 Å². The summed E-state index contributed by atoms with van der Waals surface area (Å²) >= 11 is 0. The maximum Gasteiger partial charge on any atom is 0.332 e. The number of hydrogen-bond acceptors (Lipinski definition) is 5. The summed E-state index contributed by atoms with van der Waals surface area (Å²) in [5.74, 6) is -0.504. The number of hydrogen-bond donors (Lipinski definition) is 3. The van der Waals surface area contributed by atoms with Gasteiger partial charge in [0.1, 0.15) is 13.2 Å². The second kappa shape index (κ2) is 11.6. The SMILES string of the molecule is Cc1ccc(CN(CC(=O)OCC2c3ccccc3-c3ccccc32)C(=O)NNCCCO)cc1. The summed E-state index contributed by atoms with van der Waals surface area (Å²) < 4.78 is 5.71. The number of carbonyl (C=O) groups excluding carboxylic acids is 2. The van der Waals surface area contributed by atoms with Gasteiger partial charge < -0.3 is 14.7 Å². The Kier molecular flexibility index (Phi) is 8.13. The van der Waals surface area contributed by atoms with Gasteiger partial charge in [-0.15, -0.1) is 0 Å². The molecule has 4 rings (SSSR count). The van der Waals surface area contributed by atoms with Gasteiger partial charge in [0.15, 0.2) is 0 Å². The summed E-state index contributed by atoms with van der Waals surface area (Å²) in [6.07, 6.45) is 0.505. The molecule has 1 aliphatic carbocycles. The van der Waals surface area contributed by atoms with E-state index in [1.165, 1.54) is 16.0 Å². The van der Waals surface area contributed by atoms with Crippen molar-refractivity contribution in [2.75, 3.05) is 26.3 Å². The Morgan fingerprint density at radius 3 is 2.20 bits per heavy atom. The van der Waals surface area contributed by atoms with E-state index in [1.807, 2.05) is 55.5 Å². The molecule has 3 N–H and O–H groups in total. The highest BCUT2D eigenvalue weighted by Gasteiger charge is 2.29. The minimum absolute atomic E-state index is 0.0235. The van der Waals surface area contributed by atoms with Crippen LogP contribution in [0.2, 0.25) is 0 Å². The van der Waals surface area contributed by atoms with Gasteiger partial charge in [0.25, 0.3) is 0 Å². The summed E-state index contributed by atoms with van der Waals surface area (Å²) in [7, 11) is 0. The molecule has 3 aromatic rings. The van der Waals surface area contributed by atoms with Crippen LogP contribution in [0.4, 0.5) is 4.79 Å². The number of fused-ring (bicyclic) bond motifs is 3. The van der Waals surface area contributed by atoms with Gasteiger partial charge in [-0.1, -0.05) is 78.4 Å². The van der Waals surface area contributed by atoms with Crippen LogP contribution >= 0.6 is 0 Å². The number of nitrogens with one attached hydrogen (secondary N) is 2. The van der Waals surface area contributed by atoms with Crippen molar-refractivity contribution in [3.05, 3.63) is 95.1 Å². The lowest BCUT2D eigenvalue weighted by atomic mass is 9.98. The highest BCUT2D eigenvalue weighted by atomic mass is 16.5. The number of carbonyl (C=O) groups is 2. The lowest BCUT2D eigenvalue weighted by Crippen LogP contribution is -2.48. The summed E-state index contributed by atoms with van der Waals surface area (Å²) in [6.45, 7) is 2.73. The molecule has 0 atom stereocenters. The first-order valence-electron chi connectivity index (χ1n) is 11.8. The van der Waals surface area contributed by atoms with E-state index in [4.69, 9.17) is 9.84 Å². The first-order valence-corrected chi connectivity index (χ1v) is 11.8. The van der Waals surface area contributed by atoms with Crippen LogP contribution in [0.5, 0.6) is 0 Å². The minimum atomic E-state index is -0.468. The number of benzene rings is 3. The molecular formula is C28H31N3O4. The van der Waals surface area contributed by atoms with Crippen LogP contribution in [0.25, 0.3) is 11.1 Å². The number of aliphatic hydroxyl groups excluding tert-OH is 1. The molecule has 0 radical (unpaired) electrons. The quantitative estimate of drug-likeness (QED) is 0.237. The van der Waals surface area contributed by atoms with Gasteiger partial charge in [0, 0.05) is 25.6 Å². The third-order valence-electron chi connectivity index (χ3n) is 6.13. The molecule has 0 saturated carbocycles. The van der Waals surface area contributed by atoms with E-state index >= 15 is 0 Å². The number of ether oxygens (including phenoxy) is 1. The molecule has 0 saturated heterocycles. The number of amides is 2. The average Bonchev–Trinajstić information content (AvgIpc) is 3.20. The number of esters is 1. The number of nitrogens with zero attached hydrogens (tertiary/aromatic N) is 1. The summed E-state index contributed by atoms with van der Waals surface area (Å²) in [4.78, 5) is 27.1. The third kappa shape index (κ3) is 6.07. The van der Waals surface area contributed by atoms with E-state index in [1.54, 1.807) is 0 Å². The Balaban J connectivity index is 1.41. The minimum Gasteiger partial charge on any atom is -0.463 e. The Morgan fingerprint density at radius 1 is 0.943 bits per heavy atom. The Morgan fingerprint density at radius 2 is 1.57 bits per heavy atom. The molecule has 0 heterocycles. The number of urea groups is 1. The molecule has 7 heteroatoms. The molecule has 0 aromatic heterocycles. The maximum absolute atomic E-state index is 12.9. The molecule has 35 heavy (non-hydrogen) atoms. The van der Waals surface area contributed by atoms with Crippen molar-refractivity contribution in [3.8, 4) is 11.1 Å². The standard InChI is InChI=1S/C28H31N3O4/c1-20-11-13-21(14-12-20)17-31(28(34)30-29-15-6-16-32)18-27(33)35-19-26-24-9-4-2-7-22(24)23-8-3-5-10-25(23)26/h2-5,7-14,26,29,32H,6,15-19H2,1H3,(H,30,34). The second-order valence-electron chi connectivity index (χ2n) is 8.69. The van der Waals surface area contributed by atoms with Crippen molar-refractivity contribution < 1.29 is 19.4 Å². The molecule has 0 bridgehead atoms. The van der Waals surface area contributed by atoms with Crippen LogP contribution in [0.3, 0.4) is 0 Å². The summed E-state index contributed by atoms with van der Waals surface area (Å²) in [5, 5.41) is 8.92. The number of hydrazine groups is 1. The van der Waals surface area contributed by atoms with E-state index < -0.39 is 12.0 Å². The predicted octanol–water partition coefficient (Wildman–Crippen LogP) is 3.75. The molecular weight excluding hydrogens is 442 g/mol. The summed E-state index contributed by atoms with van der Waals surface area (Å²) in [6, 6.07) is 23.7. The van der Waals surface area contributed by atoms with Gasteiger partial charge in [-0.25, -0.2) is 10.2 Å². The van der Waals surface area contributed by atoms with Gasteiger partial charge in [0.05, 0.1) is 0 Å². The van der Waals surface area contributed by atoms with E-state index in [2.05, 4.69) is 35.1 Å². The highest BCUT2D eigenvalue weighted by molar-refractivity contribution is 5.81. The molecule has 0 aliphatic heterocycles. The molecule has 1 aliphatic rings. The smallest absolute Gasteiger partial charge is 0.332 e. The topological polar surface area (TPSA) is 90.9 Å². The fourth-order valence-corrected chi connectivity index (χ4v) is 4.32. The molecule has 0 unspecified atom stereocenters. The maximum atomic E-state index is 12.9. The molecule has 7 nitrogen and oxygen atoms in total. The zero-order valence-electron chi connectivity index (χ0n) is 19.9. The largest absolute Gasteiger partial charge is 0.463 e. The Hall–Kier alpha value is -3.68. The third-order valence-corrected chi connectivity index (χ3v) is 6.13. The zero-order chi connectivity index (χ0) is 24.6. The van der Waals surface area contributed by atoms with Crippen molar-refractivity contribution >= 4 is 12.0 Å². The van der Waals surface area contributed by atoms with Crippen molar-refractivity contribution in [1.82, 2.24) is 15.8 Å². The molecule has 2 amide bonds. The van der Waals surface area contributed by atoms with Gasteiger partial charge in [0.2, 0.25) is 0 Å². The average molecular weight is 474 g/mol. The Labute approximate surface area is 205 Å². The van der Waals surface area contributed by atoms with Crippen molar-refractivity contribution in [2.45, 2.75) is 25.8 Å².